The molecule has 0 unspecified atom stereocenters. The predicted molar refractivity (Wildman–Crippen MR) is 60.4 cm³/mol. The molecule has 1 aromatic carbocycles. The fourth-order valence-electron chi connectivity index (χ4n) is 2.15. The van der Waals surface area contributed by atoms with E-state index in [4.69, 9.17) is 4.42 Å². The van der Waals surface area contributed by atoms with Gasteiger partial charge in [-0.2, -0.15) is 0 Å². The first-order chi connectivity index (χ1) is 7.83. The Morgan fingerprint density at radius 3 is 2.94 bits per heavy atom. The third-order valence-electron chi connectivity index (χ3n) is 3.10. The SMILES string of the molecule is FC1CCN(c2ccc3ocnc3c2)CC1. The van der Waals surface area contributed by atoms with Gasteiger partial charge in [-0.3, -0.25) is 0 Å². The number of aromatic nitrogens is 1. The summed E-state index contributed by atoms with van der Waals surface area (Å²) in [7, 11) is 0. The summed E-state index contributed by atoms with van der Waals surface area (Å²) in [5, 5.41) is 0. The van der Waals surface area contributed by atoms with Crippen molar-refractivity contribution >= 4 is 16.8 Å². The molecule has 1 aliphatic heterocycles. The molecular formula is C12H13FN2O. The Morgan fingerprint density at radius 2 is 2.12 bits per heavy atom. The number of fused-ring (bicyclic) bond motifs is 1. The summed E-state index contributed by atoms with van der Waals surface area (Å²) in [6.45, 7) is 1.56. The maximum Gasteiger partial charge on any atom is 0.181 e. The first kappa shape index (κ1) is 9.63. The molecule has 0 N–H and O–H groups in total. The average Bonchev–Trinajstić information content (AvgIpc) is 2.77. The van der Waals surface area contributed by atoms with E-state index in [0.29, 0.717) is 12.8 Å². The van der Waals surface area contributed by atoms with Crippen molar-refractivity contribution in [2.45, 2.75) is 19.0 Å². The van der Waals surface area contributed by atoms with Crippen molar-refractivity contribution in [3.8, 4) is 0 Å². The standard InChI is InChI=1S/C12H13FN2O/c13-9-3-5-15(6-4-9)10-1-2-12-11(7-10)14-8-16-12/h1-2,7-9H,3-6H2. The minimum Gasteiger partial charge on any atom is -0.443 e. The van der Waals surface area contributed by atoms with Crippen LogP contribution in [-0.4, -0.2) is 24.2 Å². The zero-order valence-corrected chi connectivity index (χ0v) is 8.90. The van der Waals surface area contributed by atoms with Crippen LogP contribution in [0.1, 0.15) is 12.8 Å². The second-order valence-corrected chi connectivity index (χ2v) is 4.17. The predicted octanol–water partition coefficient (Wildman–Crippen LogP) is 2.77. The largest absolute Gasteiger partial charge is 0.443 e. The molecule has 84 valence electrons. The Labute approximate surface area is 92.9 Å². The van der Waals surface area contributed by atoms with E-state index in [1.54, 1.807) is 0 Å². The molecule has 2 heterocycles. The van der Waals surface area contributed by atoms with Gasteiger partial charge in [-0.25, -0.2) is 9.37 Å². The number of halogens is 1. The highest BCUT2D eigenvalue weighted by atomic mass is 19.1. The van der Waals surface area contributed by atoms with Gasteiger partial charge >= 0.3 is 0 Å². The number of hydrogen-bond acceptors (Lipinski definition) is 3. The second kappa shape index (κ2) is 3.77. The van der Waals surface area contributed by atoms with Gasteiger partial charge < -0.3 is 9.32 Å². The van der Waals surface area contributed by atoms with E-state index in [1.807, 2.05) is 18.2 Å². The number of anilines is 1. The van der Waals surface area contributed by atoms with E-state index in [9.17, 15) is 4.39 Å². The summed E-state index contributed by atoms with van der Waals surface area (Å²) < 4.78 is 18.2. The molecular weight excluding hydrogens is 207 g/mol. The summed E-state index contributed by atoms with van der Waals surface area (Å²) in [6.07, 6.45) is 2.06. The summed E-state index contributed by atoms with van der Waals surface area (Å²) in [5.41, 5.74) is 2.76. The van der Waals surface area contributed by atoms with Gasteiger partial charge in [-0.15, -0.1) is 0 Å². The van der Waals surface area contributed by atoms with Crippen molar-refractivity contribution in [3.63, 3.8) is 0 Å². The van der Waals surface area contributed by atoms with Gasteiger partial charge in [0.25, 0.3) is 0 Å². The molecule has 1 aromatic heterocycles. The van der Waals surface area contributed by atoms with Crippen LogP contribution in [0.5, 0.6) is 0 Å². The lowest BCUT2D eigenvalue weighted by molar-refractivity contribution is 0.277. The first-order valence-electron chi connectivity index (χ1n) is 5.55. The summed E-state index contributed by atoms with van der Waals surface area (Å²) in [6, 6.07) is 5.92. The molecule has 3 rings (SSSR count). The highest BCUT2D eigenvalue weighted by molar-refractivity contribution is 5.77. The summed E-state index contributed by atoms with van der Waals surface area (Å²) in [4.78, 5) is 6.32. The van der Waals surface area contributed by atoms with E-state index < -0.39 is 6.17 Å². The molecule has 1 saturated heterocycles. The Morgan fingerprint density at radius 1 is 1.31 bits per heavy atom. The van der Waals surface area contributed by atoms with Crippen LogP contribution >= 0.6 is 0 Å². The third kappa shape index (κ3) is 1.64. The zero-order valence-electron chi connectivity index (χ0n) is 8.90. The molecule has 1 fully saturated rings. The number of rotatable bonds is 1. The lowest BCUT2D eigenvalue weighted by Crippen LogP contribution is -2.34. The molecule has 2 aromatic rings. The first-order valence-corrected chi connectivity index (χ1v) is 5.55. The Kier molecular flexibility index (Phi) is 2.27. The van der Waals surface area contributed by atoms with Crippen LogP contribution in [-0.2, 0) is 0 Å². The lowest BCUT2D eigenvalue weighted by atomic mass is 10.1. The molecule has 1 aliphatic rings. The van der Waals surface area contributed by atoms with Crippen LogP contribution in [0.3, 0.4) is 0 Å². The lowest BCUT2D eigenvalue weighted by Gasteiger charge is -2.30. The molecule has 4 heteroatoms. The van der Waals surface area contributed by atoms with Crippen LogP contribution < -0.4 is 4.90 Å². The molecule has 0 bridgehead atoms. The van der Waals surface area contributed by atoms with Gasteiger partial charge in [-0.1, -0.05) is 0 Å². The van der Waals surface area contributed by atoms with Gasteiger partial charge in [0.05, 0.1) is 0 Å². The highest BCUT2D eigenvalue weighted by Gasteiger charge is 2.18. The maximum atomic E-state index is 13.0. The van der Waals surface area contributed by atoms with Crippen LogP contribution in [0.4, 0.5) is 10.1 Å². The van der Waals surface area contributed by atoms with Crippen molar-refractivity contribution in [2.24, 2.45) is 0 Å². The van der Waals surface area contributed by atoms with Crippen molar-refractivity contribution in [2.75, 3.05) is 18.0 Å². The second-order valence-electron chi connectivity index (χ2n) is 4.17. The maximum absolute atomic E-state index is 13.0. The van der Waals surface area contributed by atoms with Gasteiger partial charge in [0.15, 0.2) is 12.0 Å². The number of nitrogens with zero attached hydrogens (tertiary/aromatic N) is 2. The highest BCUT2D eigenvalue weighted by Crippen LogP contribution is 2.24. The summed E-state index contributed by atoms with van der Waals surface area (Å²) >= 11 is 0. The fraction of sp³-hybridized carbons (Fsp3) is 0.417. The molecule has 0 radical (unpaired) electrons. The number of alkyl halides is 1. The zero-order chi connectivity index (χ0) is 11.0. The number of oxazole rings is 1. The Hall–Kier alpha value is -1.58. The van der Waals surface area contributed by atoms with Gasteiger partial charge in [-0.05, 0) is 31.0 Å². The van der Waals surface area contributed by atoms with Crippen LogP contribution in [0.25, 0.3) is 11.1 Å². The monoisotopic (exact) mass is 220 g/mol. The minimum absolute atomic E-state index is 0.622. The fourth-order valence-corrected chi connectivity index (χ4v) is 2.15. The van der Waals surface area contributed by atoms with Crippen LogP contribution in [0, 0.1) is 0 Å². The van der Waals surface area contributed by atoms with Crippen molar-refractivity contribution in [3.05, 3.63) is 24.6 Å². The number of benzene rings is 1. The topological polar surface area (TPSA) is 29.3 Å². The normalized spacial score (nSPS) is 18.2. The molecule has 16 heavy (non-hydrogen) atoms. The van der Waals surface area contributed by atoms with Gasteiger partial charge in [0.2, 0.25) is 0 Å². The summed E-state index contributed by atoms with van der Waals surface area (Å²) in [5.74, 6) is 0. The Balaban J connectivity index is 1.87. The molecule has 3 nitrogen and oxygen atoms in total. The van der Waals surface area contributed by atoms with E-state index in [2.05, 4.69) is 9.88 Å². The minimum atomic E-state index is -0.632. The van der Waals surface area contributed by atoms with Crippen molar-refractivity contribution in [1.82, 2.24) is 4.98 Å². The number of piperidine rings is 1. The van der Waals surface area contributed by atoms with Gasteiger partial charge in [0, 0.05) is 18.8 Å². The van der Waals surface area contributed by atoms with E-state index in [-0.39, 0.29) is 0 Å². The molecule has 0 aliphatic carbocycles. The average molecular weight is 220 g/mol. The van der Waals surface area contributed by atoms with Crippen molar-refractivity contribution < 1.29 is 8.81 Å². The number of hydrogen-bond donors (Lipinski definition) is 0. The molecule has 0 spiro atoms. The van der Waals surface area contributed by atoms with Gasteiger partial charge in [0.1, 0.15) is 11.7 Å². The Bertz CT molecular complexity index is 488. The van der Waals surface area contributed by atoms with Crippen molar-refractivity contribution in [1.29, 1.82) is 0 Å². The quantitative estimate of drug-likeness (QED) is 0.740. The van der Waals surface area contributed by atoms with E-state index in [0.717, 1.165) is 29.9 Å². The van der Waals surface area contributed by atoms with E-state index >= 15 is 0 Å². The van der Waals surface area contributed by atoms with Crippen LogP contribution in [0.2, 0.25) is 0 Å². The molecule has 0 atom stereocenters. The molecule has 0 amide bonds. The van der Waals surface area contributed by atoms with E-state index in [1.165, 1.54) is 6.39 Å². The van der Waals surface area contributed by atoms with Crippen LogP contribution in [0.15, 0.2) is 29.0 Å². The smallest absolute Gasteiger partial charge is 0.181 e. The third-order valence-corrected chi connectivity index (χ3v) is 3.10. The molecule has 0 saturated carbocycles.